The average molecular weight is 266 g/mol. The van der Waals surface area contributed by atoms with Crippen LogP contribution in [-0.2, 0) is 6.42 Å². The summed E-state index contributed by atoms with van der Waals surface area (Å²) in [6, 6.07) is 3.57. The first-order chi connectivity index (χ1) is 9.06. The molecule has 0 N–H and O–H groups in total. The van der Waals surface area contributed by atoms with Crippen molar-refractivity contribution in [1.82, 2.24) is 4.90 Å². The van der Waals surface area contributed by atoms with Gasteiger partial charge in [0.2, 0.25) is 6.54 Å². The first-order valence-corrected chi connectivity index (χ1v) is 6.13. The van der Waals surface area contributed by atoms with E-state index in [1.54, 1.807) is 14.2 Å². The van der Waals surface area contributed by atoms with Gasteiger partial charge in [-0.2, -0.15) is 0 Å². The average Bonchev–Trinajstić information content (AvgIpc) is 2.40. The third kappa shape index (κ3) is 2.63. The summed E-state index contributed by atoms with van der Waals surface area (Å²) in [4.78, 5) is 12.6. The summed E-state index contributed by atoms with van der Waals surface area (Å²) in [6.07, 6.45) is 0.862. The second-order valence-electron chi connectivity index (χ2n) is 4.67. The van der Waals surface area contributed by atoms with E-state index in [4.69, 9.17) is 9.47 Å². The van der Waals surface area contributed by atoms with E-state index < -0.39 is 0 Å². The van der Waals surface area contributed by atoms with Crippen LogP contribution >= 0.6 is 0 Å². The van der Waals surface area contributed by atoms with Crippen molar-refractivity contribution in [3.63, 3.8) is 0 Å². The predicted octanol–water partition coefficient (Wildman–Crippen LogP) is 1.51. The van der Waals surface area contributed by atoms with Gasteiger partial charge in [0.25, 0.3) is 0 Å². The maximum absolute atomic E-state index is 10.8. The van der Waals surface area contributed by atoms with Crippen LogP contribution in [-0.4, -0.2) is 44.2 Å². The quantitative estimate of drug-likeness (QED) is 0.610. The third-order valence-electron chi connectivity index (χ3n) is 3.59. The van der Waals surface area contributed by atoms with Crippen molar-refractivity contribution in [2.75, 3.05) is 34.4 Å². The molecule has 1 aromatic carbocycles. The van der Waals surface area contributed by atoms with Crippen molar-refractivity contribution in [1.29, 1.82) is 0 Å². The molecule has 1 atom stereocenters. The van der Waals surface area contributed by atoms with Crippen LogP contribution < -0.4 is 9.47 Å². The first-order valence-electron chi connectivity index (χ1n) is 6.13. The van der Waals surface area contributed by atoms with Crippen LogP contribution in [0.15, 0.2) is 12.1 Å². The fourth-order valence-corrected chi connectivity index (χ4v) is 2.53. The van der Waals surface area contributed by atoms with Crippen molar-refractivity contribution >= 4 is 0 Å². The number of benzene rings is 1. The van der Waals surface area contributed by atoms with Crippen molar-refractivity contribution < 1.29 is 14.4 Å². The summed E-state index contributed by atoms with van der Waals surface area (Å²) < 4.78 is 10.6. The molecule has 19 heavy (non-hydrogen) atoms. The molecule has 1 aliphatic heterocycles. The van der Waals surface area contributed by atoms with E-state index in [0.29, 0.717) is 11.5 Å². The molecule has 1 aromatic rings. The maximum Gasteiger partial charge on any atom is 0.223 e. The molecule has 0 unspecified atom stereocenters. The zero-order valence-electron chi connectivity index (χ0n) is 11.4. The largest absolute Gasteiger partial charge is 0.493 e. The van der Waals surface area contributed by atoms with Crippen molar-refractivity contribution in [2.24, 2.45) is 0 Å². The summed E-state index contributed by atoms with van der Waals surface area (Å²) in [5, 5.41) is 10.8. The number of hydrogen-bond donors (Lipinski definition) is 0. The van der Waals surface area contributed by atoms with E-state index in [9.17, 15) is 10.1 Å². The summed E-state index contributed by atoms with van der Waals surface area (Å²) in [5.41, 5.74) is 2.06. The van der Waals surface area contributed by atoms with Gasteiger partial charge in [0, 0.05) is 11.5 Å². The number of hydrogen-bond acceptors (Lipinski definition) is 5. The highest BCUT2D eigenvalue weighted by Gasteiger charge is 2.30. The van der Waals surface area contributed by atoms with Crippen LogP contribution in [0, 0.1) is 10.1 Å². The first kappa shape index (κ1) is 13.6. The normalized spacial score (nSPS) is 18.8. The van der Waals surface area contributed by atoms with Gasteiger partial charge in [-0.05, 0) is 36.7 Å². The highest BCUT2D eigenvalue weighted by atomic mass is 16.6. The van der Waals surface area contributed by atoms with Gasteiger partial charge >= 0.3 is 0 Å². The second kappa shape index (κ2) is 5.44. The van der Waals surface area contributed by atoms with E-state index in [-0.39, 0.29) is 17.5 Å². The fourth-order valence-electron chi connectivity index (χ4n) is 2.53. The number of nitrogens with zero attached hydrogens (tertiary/aromatic N) is 2. The standard InChI is InChI=1S/C13H18N2O4/c1-14-5-4-9-6-12(18-2)13(19-3)7-10(9)11(14)8-15(16)17/h6-7,11H,4-5,8H2,1-3H3/t11-/m0/s1. The van der Waals surface area contributed by atoms with Gasteiger partial charge < -0.3 is 9.47 Å². The van der Waals surface area contributed by atoms with Gasteiger partial charge in [0.1, 0.15) is 6.04 Å². The van der Waals surface area contributed by atoms with Gasteiger partial charge in [0.05, 0.1) is 14.2 Å². The minimum Gasteiger partial charge on any atom is -0.493 e. The Bertz CT molecular complexity index is 490. The van der Waals surface area contributed by atoms with Crippen LogP contribution in [0.3, 0.4) is 0 Å². The highest BCUT2D eigenvalue weighted by molar-refractivity contribution is 5.49. The smallest absolute Gasteiger partial charge is 0.223 e. The van der Waals surface area contributed by atoms with E-state index in [2.05, 4.69) is 0 Å². The fraction of sp³-hybridized carbons (Fsp3) is 0.538. The van der Waals surface area contributed by atoms with Crippen LogP contribution in [0.4, 0.5) is 0 Å². The Morgan fingerprint density at radius 3 is 2.58 bits per heavy atom. The van der Waals surface area contributed by atoms with E-state index in [1.165, 1.54) is 0 Å². The molecule has 1 aliphatic rings. The van der Waals surface area contributed by atoms with E-state index in [1.807, 2.05) is 24.1 Å². The Morgan fingerprint density at radius 1 is 1.37 bits per heavy atom. The van der Waals surface area contributed by atoms with Crippen LogP contribution in [0.1, 0.15) is 17.2 Å². The molecular formula is C13H18N2O4. The van der Waals surface area contributed by atoms with Crippen LogP contribution in [0.25, 0.3) is 0 Å². The predicted molar refractivity (Wildman–Crippen MR) is 70.5 cm³/mol. The van der Waals surface area contributed by atoms with Crippen molar-refractivity contribution in [2.45, 2.75) is 12.5 Å². The number of likely N-dealkylation sites (N-methyl/N-ethyl adjacent to an activating group) is 1. The van der Waals surface area contributed by atoms with E-state index in [0.717, 1.165) is 24.1 Å². The summed E-state index contributed by atoms with van der Waals surface area (Å²) in [5.74, 6) is 1.29. The van der Waals surface area contributed by atoms with Gasteiger partial charge in [-0.25, -0.2) is 0 Å². The van der Waals surface area contributed by atoms with Gasteiger partial charge in [-0.1, -0.05) is 0 Å². The van der Waals surface area contributed by atoms with Crippen LogP contribution in [0.5, 0.6) is 11.5 Å². The number of fused-ring (bicyclic) bond motifs is 1. The lowest BCUT2D eigenvalue weighted by molar-refractivity contribution is -0.488. The number of ether oxygens (including phenoxy) is 2. The third-order valence-corrected chi connectivity index (χ3v) is 3.59. The molecule has 6 heteroatoms. The number of rotatable bonds is 4. The SMILES string of the molecule is COc1cc2c(cc1OC)[C@H](C[N+](=O)[O-])N(C)CC2. The monoisotopic (exact) mass is 266 g/mol. The molecule has 1 heterocycles. The van der Waals surface area contributed by atoms with Gasteiger partial charge in [0.15, 0.2) is 11.5 Å². The molecule has 0 amide bonds. The van der Waals surface area contributed by atoms with Gasteiger partial charge in [-0.3, -0.25) is 15.0 Å². The lowest BCUT2D eigenvalue weighted by Gasteiger charge is -2.32. The van der Waals surface area contributed by atoms with Crippen LogP contribution in [0.2, 0.25) is 0 Å². The zero-order valence-corrected chi connectivity index (χ0v) is 11.4. The molecule has 2 rings (SSSR count). The molecule has 0 bridgehead atoms. The number of nitro groups is 1. The van der Waals surface area contributed by atoms with E-state index >= 15 is 0 Å². The minimum absolute atomic E-state index is 0.0982. The van der Waals surface area contributed by atoms with Gasteiger partial charge in [-0.15, -0.1) is 0 Å². The topological polar surface area (TPSA) is 64.8 Å². The molecule has 0 aliphatic carbocycles. The molecule has 0 saturated heterocycles. The van der Waals surface area contributed by atoms with Crippen molar-refractivity contribution in [3.05, 3.63) is 33.4 Å². The second-order valence-corrected chi connectivity index (χ2v) is 4.67. The lowest BCUT2D eigenvalue weighted by atomic mass is 9.92. The summed E-state index contributed by atoms with van der Waals surface area (Å²) in [7, 11) is 5.07. The lowest BCUT2D eigenvalue weighted by Crippen LogP contribution is -2.36. The Kier molecular flexibility index (Phi) is 3.90. The Hall–Kier alpha value is -1.82. The molecule has 0 spiro atoms. The zero-order chi connectivity index (χ0) is 14.0. The highest BCUT2D eigenvalue weighted by Crippen LogP contribution is 2.37. The molecule has 0 saturated carbocycles. The maximum atomic E-state index is 10.8. The molecule has 0 radical (unpaired) electrons. The Balaban J connectivity index is 2.45. The minimum atomic E-state index is -0.271. The Morgan fingerprint density at radius 2 is 2.00 bits per heavy atom. The molecule has 0 aromatic heterocycles. The molecular weight excluding hydrogens is 248 g/mol. The molecule has 104 valence electrons. The summed E-state index contributed by atoms with van der Waals surface area (Å²) in [6.45, 7) is 0.708. The number of methoxy groups -OCH3 is 2. The van der Waals surface area contributed by atoms with Crippen molar-refractivity contribution in [3.8, 4) is 11.5 Å². The molecule has 0 fully saturated rings. The Labute approximate surface area is 112 Å². The summed E-state index contributed by atoms with van der Waals surface area (Å²) >= 11 is 0. The molecule has 6 nitrogen and oxygen atoms in total.